The summed E-state index contributed by atoms with van der Waals surface area (Å²) in [5.41, 5.74) is 22.5. The highest BCUT2D eigenvalue weighted by Crippen LogP contribution is 2.33. The van der Waals surface area contributed by atoms with Crippen molar-refractivity contribution in [1.29, 1.82) is 10.5 Å². The van der Waals surface area contributed by atoms with Crippen LogP contribution in [0.3, 0.4) is 0 Å². The van der Waals surface area contributed by atoms with Gasteiger partial charge < -0.3 is 0 Å². The second-order valence-corrected chi connectivity index (χ2v) is 18.1. The van der Waals surface area contributed by atoms with Crippen LogP contribution in [0.4, 0.5) is 0 Å². The monoisotopic (exact) mass is 914 g/mol. The van der Waals surface area contributed by atoms with Crippen LogP contribution < -0.4 is 0 Å². The van der Waals surface area contributed by atoms with Gasteiger partial charge in [0.25, 0.3) is 0 Å². The molecule has 344 valence electrons. The predicted molar refractivity (Wildman–Crippen MR) is 296 cm³/mol. The largest absolute Gasteiger partial charge is 0.192 e. The highest BCUT2D eigenvalue weighted by atomic mass is 14.3. The molecule has 0 fully saturated rings. The maximum absolute atomic E-state index is 9.51. The molecule has 0 aliphatic heterocycles. The minimum Gasteiger partial charge on any atom is -0.192 e. The summed E-state index contributed by atoms with van der Waals surface area (Å²) in [4.78, 5) is 0. The van der Waals surface area contributed by atoms with Crippen molar-refractivity contribution in [1.82, 2.24) is 0 Å². The third-order valence-corrected chi connectivity index (χ3v) is 12.8. The third kappa shape index (κ3) is 13.7. The first-order chi connectivity index (χ1) is 34.8. The van der Waals surface area contributed by atoms with Crippen molar-refractivity contribution in [3.05, 3.63) is 321 Å². The van der Waals surface area contributed by atoms with Gasteiger partial charge in [0.1, 0.15) is 0 Å². The van der Waals surface area contributed by atoms with E-state index in [0.717, 1.165) is 36.8 Å². The van der Waals surface area contributed by atoms with E-state index in [-0.39, 0.29) is 0 Å². The first kappa shape index (κ1) is 48.6. The summed E-state index contributed by atoms with van der Waals surface area (Å²) >= 11 is 0. The molecule has 0 atom stereocenters. The molecule has 2 heteroatoms. The number of aryl methyl sites for hydroxylation is 3. The predicted octanol–water partition coefficient (Wildman–Crippen LogP) is 17.1. The maximum Gasteiger partial charge on any atom is 0.0991 e. The zero-order chi connectivity index (χ0) is 49.2. The normalized spacial score (nSPS) is 10.4. The number of benzene rings is 10. The van der Waals surface area contributed by atoms with Gasteiger partial charge in [-0.3, -0.25) is 0 Å². The highest BCUT2D eigenvalue weighted by molar-refractivity contribution is 5.75. The van der Waals surface area contributed by atoms with Gasteiger partial charge in [0.2, 0.25) is 0 Å². The van der Waals surface area contributed by atoms with E-state index in [1.54, 1.807) is 0 Å². The van der Waals surface area contributed by atoms with E-state index < -0.39 is 0 Å². The number of hydrogen-bond acceptors (Lipinski definition) is 2. The minimum atomic E-state index is 0.693. The van der Waals surface area contributed by atoms with Crippen LogP contribution in [0.5, 0.6) is 0 Å². The number of rotatable bonds is 11. The van der Waals surface area contributed by atoms with Crippen LogP contribution in [0.25, 0.3) is 33.4 Å². The molecule has 0 heterocycles. The molecular weight excluding hydrogens is 857 g/mol. The molecule has 10 rings (SSSR count). The van der Waals surface area contributed by atoms with Crippen LogP contribution in [-0.4, -0.2) is 0 Å². The summed E-state index contributed by atoms with van der Waals surface area (Å²) in [6.07, 6.45) is 3.48. The second-order valence-electron chi connectivity index (χ2n) is 18.1. The van der Waals surface area contributed by atoms with E-state index in [1.165, 1.54) is 83.5 Å². The van der Waals surface area contributed by atoms with Crippen molar-refractivity contribution in [2.24, 2.45) is 0 Å². The van der Waals surface area contributed by atoms with Gasteiger partial charge in [0.05, 0.1) is 23.3 Å². The third-order valence-electron chi connectivity index (χ3n) is 12.8. The second kappa shape index (κ2) is 24.5. The molecule has 71 heavy (non-hydrogen) atoms. The molecular formula is C69H58N2. The molecule has 0 amide bonds. The van der Waals surface area contributed by atoms with Crippen LogP contribution in [-0.2, 0) is 25.7 Å². The van der Waals surface area contributed by atoms with Crippen LogP contribution in [0.1, 0.15) is 72.3 Å². The molecule has 2 nitrogen and oxygen atoms in total. The molecule has 0 saturated heterocycles. The van der Waals surface area contributed by atoms with Crippen LogP contribution in [0.2, 0.25) is 0 Å². The van der Waals surface area contributed by atoms with E-state index in [2.05, 4.69) is 221 Å². The molecule has 0 N–H and O–H groups in total. The average molecular weight is 915 g/mol. The molecule has 10 aromatic rings. The molecule has 0 radical (unpaired) electrons. The Morgan fingerprint density at radius 3 is 1.11 bits per heavy atom. The Bertz CT molecular complexity index is 3360. The molecule has 0 unspecified atom stereocenters. The Morgan fingerprint density at radius 1 is 0.282 bits per heavy atom. The summed E-state index contributed by atoms with van der Waals surface area (Å²) in [6.45, 7) is 6.35. The Balaban J connectivity index is 0.000000169. The highest BCUT2D eigenvalue weighted by Gasteiger charge is 2.14. The molecule has 0 bridgehead atoms. The number of nitriles is 2. The summed E-state index contributed by atoms with van der Waals surface area (Å²) < 4.78 is 0. The van der Waals surface area contributed by atoms with Crippen molar-refractivity contribution in [3.8, 4) is 45.5 Å². The zero-order valence-electron chi connectivity index (χ0n) is 40.9. The Morgan fingerprint density at radius 2 is 0.620 bits per heavy atom. The van der Waals surface area contributed by atoms with Crippen LogP contribution in [0.15, 0.2) is 249 Å². The minimum absolute atomic E-state index is 0.693. The van der Waals surface area contributed by atoms with Crippen molar-refractivity contribution in [2.75, 3.05) is 0 Å². The quantitative estimate of drug-likeness (QED) is 0.130. The molecule has 0 spiro atoms. The van der Waals surface area contributed by atoms with Gasteiger partial charge in [-0.1, -0.05) is 230 Å². The average Bonchev–Trinajstić information content (AvgIpc) is 3.42. The van der Waals surface area contributed by atoms with Crippen molar-refractivity contribution >= 4 is 0 Å². The van der Waals surface area contributed by atoms with Crippen LogP contribution in [0, 0.1) is 43.4 Å². The fourth-order valence-electron chi connectivity index (χ4n) is 8.92. The van der Waals surface area contributed by atoms with Crippen molar-refractivity contribution < 1.29 is 0 Å². The van der Waals surface area contributed by atoms with Gasteiger partial charge in [-0.15, -0.1) is 0 Å². The molecule has 0 aromatic heterocycles. The Labute approximate surface area is 421 Å². The zero-order valence-corrected chi connectivity index (χ0v) is 40.9. The standard InChI is InChI=1S/C34H27N.C28H23N.C7H8/c1-25-12-13-29(24-35)23-33(25)34-22-28(16-19-32(34)21-26-8-4-2-5-9-26)20-27-14-17-31(18-15-27)30-10-6-3-7-11-30;1-21-12-13-24(16-22-8-4-2-5-9-22)18-27(21)28-19-25(20-29)14-15-26(28)17-23-10-6-3-7-11-23;1-7-5-3-2-4-6-7/h2-19,22-23H,20-21H2,1H3;2-15,18-19H,16-17H2,1H3;2-6H,1H3. The lowest BCUT2D eigenvalue weighted by molar-refractivity contribution is 1.15. The molecule has 10 aromatic carbocycles. The molecule has 0 saturated carbocycles. The summed E-state index contributed by atoms with van der Waals surface area (Å²) in [6, 6.07) is 91.3. The van der Waals surface area contributed by atoms with Gasteiger partial charge in [0, 0.05) is 0 Å². The first-order valence-electron chi connectivity index (χ1n) is 24.4. The Kier molecular flexibility index (Phi) is 16.8. The molecule has 0 aliphatic carbocycles. The Hall–Kier alpha value is -8.82. The van der Waals surface area contributed by atoms with Gasteiger partial charge in [-0.25, -0.2) is 0 Å². The summed E-state index contributed by atoms with van der Waals surface area (Å²) in [5, 5.41) is 19.0. The summed E-state index contributed by atoms with van der Waals surface area (Å²) in [5.74, 6) is 0. The van der Waals surface area contributed by atoms with E-state index in [9.17, 15) is 10.5 Å². The lowest BCUT2D eigenvalue weighted by Crippen LogP contribution is -1.97. The van der Waals surface area contributed by atoms with Crippen LogP contribution >= 0.6 is 0 Å². The van der Waals surface area contributed by atoms with E-state index >= 15 is 0 Å². The van der Waals surface area contributed by atoms with Gasteiger partial charge >= 0.3 is 0 Å². The lowest BCUT2D eigenvalue weighted by Gasteiger charge is -2.15. The van der Waals surface area contributed by atoms with Gasteiger partial charge in [-0.05, 0) is 160 Å². The van der Waals surface area contributed by atoms with E-state index in [4.69, 9.17) is 0 Å². The smallest absolute Gasteiger partial charge is 0.0991 e. The SMILES string of the molecule is Cc1ccc(C#N)cc1-c1cc(Cc2ccc(-c3ccccc3)cc2)ccc1Cc1ccccc1.Cc1ccc(Cc2ccccc2)cc1-c1cc(C#N)ccc1Cc1ccccc1.Cc1ccccc1. The number of nitrogens with zero attached hydrogens (tertiary/aromatic N) is 2. The fraction of sp³-hybridized carbons (Fsp3) is 0.101. The fourth-order valence-corrected chi connectivity index (χ4v) is 8.92. The summed E-state index contributed by atoms with van der Waals surface area (Å²) in [7, 11) is 0. The topological polar surface area (TPSA) is 47.6 Å². The van der Waals surface area contributed by atoms with Crippen molar-refractivity contribution in [2.45, 2.75) is 46.5 Å². The van der Waals surface area contributed by atoms with Gasteiger partial charge in [-0.2, -0.15) is 10.5 Å². The van der Waals surface area contributed by atoms with E-state index in [1.807, 2.05) is 60.7 Å². The maximum atomic E-state index is 9.51. The lowest BCUT2D eigenvalue weighted by atomic mass is 9.89. The molecule has 0 aliphatic rings. The first-order valence-corrected chi connectivity index (χ1v) is 24.4. The van der Waals surface area contributed by atoms with Gasteiger partial charge in [0.15, 0.2) is 0 Å². The number of hydrogen-bond donors (Lipinski definition) is 0. The van der Waals surface area contributed by atoms with E-state index in [0.29, 0.717) is 11.1 Å². The van der Waals surface area contributed by atoms with Crippen molar-refractivity contribution in [3.63, 3.8) is 0 Å².